The van der Waals surface area contributed by atoms with Crippen molar-refractivity contribution in [2.75, 3.05) is 6.54 Å². The first kappa shape index (κ1) is 14.8. The predicted octanol–water partition coefficient (Wildman–Crippen LogP) is 3.58. The van der Waals surface area contributed by atoms with Gasteiger partial charge in [0.05, 0.1) is 6.33 Å². The molecule has 0 amide bonds. The third-order valence-corrected chi connectivity index (χ3v) is 3.74. The van der Waals surface area contributed by atoms with Gasteiger partial charge in [0.1, 0.15) is 0 Å². The smallest absolute Gasteiger partial charge is 0.0945 e. The van der Waals surface area contributed by atoms with Crippen LogP contribution in [0, 0.1) is 0 Å². The Morgan fingerprint density at radius 2 is 2.00 bits per heavy atom. The molecule has 108 valence electrons. The van der Waals surface area contributed by atoms with Gasteiger partial charge in [0.25, 0.3) is 0 Å². The molecule has 1 aromatic carbocycles. The molecule has 1 atom stereocenters. The lowest BCUT2D eigenvalue weighted by Gasteiger charge is -2.14. The van der Waals surface area contributed by atoms with E-state index in [1.165, 1.54) is 24.0 Å². The third kappa shape index (κ3) is 4.49. The van der Waals surface area contributed by atoms with E-state index in [9.17, 15) is 0 Å². The molecule has 0 aliphatic rings. The van der Waals surface area contributed by atoms with E-state index in [1.54, 1.807) is 0 Å². The van der Waals surface area contributed by atoms with Crippen LogP contribution < -0.4 is 5.32 Å². The molecule has 0 fully saturated rings. The molecule has 2 rings (SSSR count). The quantitative estimate of drug-likeness (QED) is 0.744. The van der Waals surface area contributed by atoms with Crippen LogP contribution in [0.2, 0.25) is 0 Å². The summed E-state index contributed by atoms with van der Waals surface area (Å²) in [5.41, 5.74) is 2.78. The molecule has 1 N–H and O–H groups in total. The van der Waals surface area contributed by atoms with E-state index < -0.39 is 0 Å². The summed E-state index contributed by atoms with van der Waals surface area (Å²) >= 11 is 0. The van der Waals surface area contributed by atoms with E-state index in [1.807, 2.05) is 18.7 Å². The van der Waals surface area contributed by atoms with E-state index in [0.29, 0.717) is 6.04 Å². The first-order chi connectivity index (χ1) is 9.79. The van der Waals surface area contributed by atoms with Gasteiger partial charge in [-0.3, -0.25) is 0 Å². The summed E-state index contributed by atoms with van der Waals surface area (Å²) in [5.74, 6) is 0. The van der Waals surface area contributed by atoms with Gasteiger partial charge in [-0.1, -0.05) is 31.2 Å². The second kappa shape index (κ2) is 7.85. The molecule has 0 saturated heterocycles. The summed E-state index contributed by atoms with van der Waals surface area (Å²) < 4.78 is 2.13. The van der Waals surface area contributed by atoms with Gasteiger partial charge in [-0.05, 0) is 43.9 Å². The van der Waals surface area contributed by atoms with Gasteiger partial charge in [0, 0.05) is 25.0 Å². The van der Waals surface area contributed by atoms with E-state index >= 15 is 0 Å². The second-order valence-corrected chi connectivity index (χ2v) is 5.28. The van der Waals surface area contributed by atoms with Crippen LogP contribution in [0.5, 0.6) is 0 Å². The summed E-state index contributed by atoms with van der Waals surface area (Å²) in [4.78, 5) is 4.05. The first-order valence-corrected chi connectivity index (χ1v) is 7.57. The maximum Gasteiger partial charge on any atom is 0.0945 e. The minimum Gasteiger partial charge on any atom is -0.337 e. The number of unbranched alkanes of at least 4 members (excludes halogenated alkanes) is 1. The van der Waals surface area contributed by atoms with Crippen LogP contribution in [0.25, 0.3) is 0 Å². The third-order valence-electron chi connectivity index (χ3n) is 3.74. The number of nitrogens with one attached hydrogen (secondary N) is 1. The normalized spacial score (nSPS) is 12.5. The van der Waals surface area contributed by atoms with Crippen molar-refractivity contribution in [3.05, 3.63) is 54.1 Å². The molecule has 0 bridgehead atoms. The Morgan fingerprint density at radius 3 is 2.65 bits per heavy atom. The highest BCUT2D eigenvalue weighted by molar-refractivity contribution is 5.24. The molecular formula is C17H25N3. The van der Waals surface area contributed by atoms with Gasteiger partial charge in [0.2, 0.25) is 0 Å². The maximum absolute atomic E-state index is 4.05. The fraction of sp³-hybridized carbons (Fsp3) is 0.471. The Labute approximate surface area is 122 Å². The zero-order chi connectivity index (χ0) is 14.2. The molecule has 0 aliphatic heterocycles. The molecular weight excluding hydrogens is 246 g/mol. The van der Waals surface area contributed by atoms with E-state index in [2.05, 4.69) is 53.0 Å². The number of hydrogen-bond acceptors (Lipinski definition) is 2. The molecule has 0 radical (unpaired) electrons. The Kier molecular flexibility index (Phi) is 5.81. The van der Waals surface area contributed by atoms with Gasteiger partial charge in [-0.2, -0.15) is 0 Å². The molecule has 1 unspecified atom stereocenters. The van der Waals surface area contributed by atoms with Crippen LogP contribution in [-0.2, 0) is 13.0 Å². The lowest BCUT2D eigenvalue weighted by Crippen LogP contribution is -2.20. The van der Waals surface area contributed by atoms with Crippen LogP contribution in [0.15, 0.2) is 43.0 Å². The Bertz CT molecular complexity index is 473. The van der Waals surface area contributed by atoms with Crippen LogP contribution in [-0.4, -0.2) is 16.1 Å². The van der Waals surface area contributed by atoms with Crippen molar-refractivity contribution >= 4 is 0 Å². The summed E-state index contributed by atoms with van der Waals surface area (Å²) in [6.45, 7) is 6.54. The number of hydrogen-bond donors (Lipinski definition) is 1. The van der Waals surface area contributed by atoms with Crippen molar-refractivity contribution in [3.63, 3.8) is 0 Å². The number of aromatic nitrogens is 2. The van der Waals surface area contributed by atoms with Crippen LogP contribution in [0.1, 0.15) is 43.9 Å². The summed E-state index contributed by atoms with van der Waals surface area (Å²) in [5, 5.41) is 3.59. The van der Waals surface area contributed by atoms with Crippen LogP contribution >= 0.6 is 0 Å². The van der Waals surface area contributed by atoms with Gasteiger partial charge < -0.3 is 9.88 Å². The molecule has 0 saturated carbocycles. The number of benzene rings is 1. The Balaban J connectivity index is 1.65. The van der Waals surface area contributed by atoms with Crippen molar-refractivity contribution in [3.8, 4) is 0 Å². The highest BCUT2D eigenvalue weighted by Crippen LogP contribution is 2.13. The van der Waals surface area contributed by atoms with Gasteiger partial charge in [-0.25, -0.2) is 4.98 Å². The standard InChI is InChI=1S/C17H25N3/c1-3-16-6-8-17(9-7-16)15(2)19-10-4-5-12-20-13-11-18-14-20/h6-9,11,13-15,19H,3-5,10,12H2,1-2H3. The molecule has 2 aromatic rings. The SMILES string of the molecule is CCc1ccc(C(C)NCCCCn2ccnc2)cc1. The molecule has 0 aliphatic carbocycles. The van der Waals surface area contributed by atoms with Crippen molar-refractivity contribution < 1.29 is 0 Å². The first-order valence-electron chi connectivity index (χ1n) is 7.57. The molecule has 1 aromatic heterocycles. The van der Waals surface area contributed by atoms with E-state index in [-0.39, 0.29) is 0 Å². The average molecular weight is 271 g/mol. The molecule has 1 heterocycles. The summed E-state index contributed by atoms with van der Waals surface area (Å²) in [6.07, 6.45) is 9.22. The highest BCUT2D eigenvalue weighted by atomic mass is 15.0. The zero-order valence-electron chi connectivity index (χ0n) is 12.5. The second-order valence-electron chi connectivity index (χ2n) is 5.28. The van der Waals surface area contributed by atoms with Gasteiger partial charge in [0.15, 0.2) is 0 Å². The van der Waals surface area contributed by atoms with E-state index in [4.69, 9.17) is 0 Å². The highest BCUT2D eigenvalue weighted by Gasteiger charge is 2.03. The fourth-order valence-electron chi connectivity index (χ4n) is 2.32. The minimum absolute atomic E-state index is 0.425. The predicted molar refractivity (Wildman–Crippen MR) is 83.7 cm³/mol. The molecule has 3 nitrogen and oxygen atoms in total. The Hall–Kier alpha value is -1.61. The summed E-state index contributed by atoms with van der Waals surface area (Å²) in [7, 11) is 0. The Morgan fingerprint density at radius 1 is 1.20 bits per heavy atom. The maximum atomic E-state index is 4.05. The number of rotatable bonds is 8. The zero-order valence-corrected chi connectivity index (χ0v) is 12.5. The number of nitrogens with zero attached hydrogens (tertiary/aromatic N) is 2. The monoisotopic (exact) mass is 271 g/mol. The van der Waals surface area contributed by atoms with Crippen molar-refractivity contribution in [1.82, 2.24) is 14.9 Å². The van der Waals surface area contributed by atoms with Crippen LogP contribution in [0.3, 0.4) is 0 Å². The molecule has 3 heteroatoms. The topological polar surface area (TPSA) is 29.9 Å². The van der Waals surface area contributed by atoms with Gasteiger partial charge in [-0.15, -0.1) is 0 Å². The summed E-state index contributed by atoms with van der Waals surface area (Å²) in [6, 6.07) is 9.36. The van der Waals surface area contributed by atoms with Gasteiger partial charge >= 0.3 is 0 Å². The van der Waals surface area contributed by atoms with Crippen molar-refractivity contribution in [2.45, 2.75) is 45.7 Å². The number of imidazole rings is 1. The molecule has 0 spiro atoms. The fourth-order valence-corrected chi connectivity index (χ4v) is 2.32. The average Bonchev–Trinajstić information content (AvgIpc) is 3.00. The largest absolute Gasteiger partial charge is 0.337 e. The van der Waals surface area contributed by atoms with Crippen molar-refractivity contribution in [1.29, 1.82) is 0 Å². The number of aryl methyl sites for hydroxylation is 2. The van der Waals surface area contributed by atoms with E-state index in [0.717, 1.165) is 19.5 Å². The molecule has 20 heavy (non-hydrogen) atoms. The minimum atomic E-state index is 0.425. The van der Waals surface area contributed by atoms with Crippen molar-refractivity contribution in [2.24, 2.45) is 0 Å². The lowest BCUT2D eigenvalue weighted by molar-refractivity contribution is 0.523. The lowest BCUT2D eigenvalue weighted by atomic mass is 10.0. The van der Waals surface area contributed by atoms with Crippen LogP contribution in [0.4, 0.5) is 0 Å².